The first-order chi connectivity index (χ1) is 10.7. The quantitative estimate of drug-likeness (QED) is 0.664. The van der Waals surface area contributed by atoms with Gasteiger partial charge < -0.3 is 10.4 Å². The molecule has 3 nitrogen and oxygen atoms in total. The first-order valence-corrected chi connectivity index (χ1v) is 7.06. The summed E-state index contributed by atoms with van der Waals surface area (Å²) in [5, 5.41) is 14.8. The van der Waals surface area contributed by atoms with Gasteiger partial charge in [0.1, 0.15) is 5.75 Å². The summed E-state index contributed by atoms with van der Waals surface area (Å²) in [6.07, 6.45) is 1.81. The molecule has 0 aliphatic carbocycles. The van der Waals surface area contributed by atoms with Crippen molar-refractivity contribution in [3.8, 4) is 5.75 Å². The molecular weight excluding hydrogens is 274 g/mol. The van der Waals surface area contributed by atoms with Gasteiger partial charge in [-0.2, -0.15) is 0 Å². The van der Waals surface area contributed by atoms with Crippen LogP contribution in [0.25, 0.3) is 22.4 Å². The van der Waals surface area contributed by atoms with Crippen LogP contribution in [0.3, 0.4) is 0 Å². The number of amides is 1. The molecule has 106 valence electrons. The van der Waals surface area contributed by atoms with Crippen molar-refractivity contribution in [2.75, 3.05) is 5.32 Å². The summed E-state index contributed by atoms with van der Waals surface area (Å²) < 4.78 is 0. The van der Waals surface area contributed by atoms with Crippen molar-refractivity contribution in [1.29, 1.82) is 0 Å². The Morgan fingerprint density at radius 2 is 1.73 bits per heavy atom. The Morgan fingerprint density at radius 3 is 2.64 bits per heavy atom. The Labute approximate surface area is 127 Å². The van der Waals surface area contributed by atoms with E-state index in [1.807, 2.05) is 60.7 Å². The van der Waals surface area contributed by atoms with Crippen LogP contribution in [0.2, 0.25) is 0 Å². The maximum atomic E-state index is 12.1. The van der Waals surface area contributed by atoms with Gasteiger partial charge in [-0.25, -0.2) is 0 Å². The van der Waals surface area contributed by atoms with Crippen LogP contribution in [0.4, 0.5) is 5.69 Å². The highest BCUT2D eigenvalue weighted by Gasteiger charge is 2.23. The summed E-state index contributed by atoms with van der Waals surface area (Å²) in [6, 6.07) is 18.9. The van der Waals surface area contributed by atoms with E-state index in [0.29, 0.717) is 5.57 Å². The Bertz CT molecular complexity index is 941. The molecule has 3 aromatic rings. The first-order valence-electron chi connectivity index (χ1n) is 7.06. The number of anilines is 1. The van der Waals surface area contributed by atoms with E-state index < -0.39 is 0 Å². The predicted molar refractivity (Wildman–Crippen MR) is 88.6 cm³/mol. The number of benzene rings is 3. The van der Waals surface area contributed by atoms with Crippen molar-refractivity contribution in [3.05, 3.63) is 71.8 Å². The molecule has 4 rings (SSSR count). The molecule has 0 saturated carbocycles. The van der Waals surface area contributed by atoms with Crippen LogP contribution in [0.5, 0.6) is 5.75 Å². The molecule has 1 amide bonds. The highest BCUT2D eigenvalue weighted by molar-refractivity contribution is 6.35. The maximum absolute atomic E-state index is 12.1. The monoisotopic (exact) mass is 287 g/mol. The summed E-state index contributed by atoms with van der Waals surface area (Å²) in [5.41, 5.74) is 3.13. The average molecular weight is 287 g/mol. The zero-order chi connectivity index (χ0) is 15.1. The average Bonchev–Trinajstić information content (AvgIpc) is 2.84. The van der Waals surface area contributed by atoms with Gasteiger partial charge in [-0.3, -0.25) is 4.79 Å². The molecule has 0 bridgehead atoms. The van der Waals surface area contributed by atoms with E-state index in [1.165, 1.54) is 0 Å². The molecule has 3 aromatic carbocycles. The van der Waals surface area contributed by atoms with Gasteiger partial charge in [0, 0.05) is 22.2 Å². The third-order valence-corrected chi connectivity index (χ3v) is 3.88. The minimum Gasteiger partial charge on any atom is -0.507 e. The Kier molecular flexibility index (Phi) is 2.73. The molecule has 0 saturated heterocycles. The van der Waals surface area contributed by atoms with Crippen LogP contribution in [-0.4, -0.2) is 11.0 Å². The highest BCUT2D eigenvalue weighted by Crippen LogP contribution is 2.34. The number of phenolic OH excluding ortho intramolecular Hbond substituents is 1. The number of rotatable bonds is 1. The number of phenols is 1. The second-order valence-electron chi connectivity index (χ2n) is 5.32. The minimum atomic E-state index is -0.117. The van der Waals surface area contributed by atoms with Gasteiger partial charge in [-0.15, -0.1) is 0 Å². The van der Waals surface area contributed by atoms with Gasteiger partial charge in [0.2, 0.25) is 0 Å². The molecule has 0 spiro atoms. The van der Waals surface area contributed by atoms with E-state index in [4.69, 9.17) is 0 Å². The van der Waals surface area contributed by atoms with E-state index in [-0.39, 0.29) is 11.7 Å². The van der Waals surface area contributed by atoms with E-state index in [2.05, 4.69) is 5.32 Å². The van der Waals surface area contributed by atoms with Gasteiger partial charge in [-0.05, 0) is 35.2 Å². The molecule has 1 heterocycles. The molecule has 1 aliphatic heterocycles. The summed E-state index contributed by atoms with van der Waals surface area (Å²) >= 11 is 0. The number of nitrogens with one attached hydrogen (secondary N) is 1. The van der Waals surface area contributed by atoms with E-state index in [1.54, 1.807) is 6.07 Å². The van der Waals surface area contributed by atoms with Crippen molar-refractivity contribution in [2.24, 2.45) is 0 Å². The van der Waals surface area contributed by atoms with Gasteiger partial charge in [0.05, 0.1) is 0 Å². The Balaban J connectivity index is 1.88. The van der Waals surface area contributed by atoms with Crippen LogP contribution < -0.4 is 5.32 Å². The molecule has 22 heavy (non-hydrogen) atoms. The van der Waals surface area contributed by atoms with Crippen LogP contribution in [-0.2, 0) is 4.79 Å². The van der Waals surface area contributed by atoms with Gasteiger partial charge >= 0.3 is 0 Å². The maximum Gasteiger partial charge on any atom is 0.256 e. The number of carbonyl (C=O) groups is 1. The van der Waals surface area contributed by atoms with Crippen molar-refractivity contribution >= 4 is 34.0 Å². The van der Waals surface area contributed by atoms with Gasteiger partial charge in [0.25, 0.3) is 5.91 Å². The van der Waals surface area contributed by atoms with Crippen LogP contribution >= 0.6 is 0 Å². The smallest absolute Gasteiger partial charge is 0.256 e. The predicted octanol–water partition coefficient (Wildman–Crippen LogP) is 4.04. The van der Waals surface area contributed by atoms with Crippen molar-refractivity contribution in [3.63, 3.8) is 0 Å². The Morgan fingerprint density at radius 1 is 0.955 bits per heavy atom. The molecule has 0 radical (unpaired) electrons. The van der Waals surface area contributed by atoms with Crippen LogP contribution in [0, 0.1) is 0 Å². The lowest BCUT2D eigenvalue weighted by atomic mass is 10.0. The largest absolute Gasteiger partial charge is 0.507 e. The third kappa shape index (κ3) is 1.95. The third-order valence-electron chi connectivity index (χ3n) is 3.88. The summed E-state index contributed by atoms with van der Waals surface area (Å²) in [5.74, 6) is 0.102. The fourth-order valence-corrected chi connectivity index (χ4v) is 2.85. The lowest BCUT2D eigenvalue weighted by Crippen LogP contribution is -2.03. The van der Waals surface area contributed by atoms with Crippen molar-refractivity contribution in [2.45, 2.75) is 0 Å². The standard InChI is InChI=1S/C19H13NO2/c21-18-11-12(9-13-5-1-2-6-14(13)18)10-16-15-7-3-4-8-17(15)20-19(16)22/h1-11,21H,(H,20,22). The van der Waals surface area contributed by atoms with Crippen molar-refractivity contribution < 1.29 is 9.90 Å². The second kappa shape index (κ2) is 4.74. The normalized spacial score (nSPS) is 15.1. The molecular formula is C19H13NO2. The molecule has 0 aromatic heterocycles. The number of para-hydroxylation sites is 1. The van der Waals surface area contributed by atoms with Crippen molar-refractivity contribution in [1.82, 2.24) is 0 Å². The molecule has 1 aliphatic rings. The summed E-state index contributed by atoms with van der Waals surface area (Å²) in [6.45, 7) is 0. The van der Waals surface area contributed by atoms with Gasteiger partial charge in [-0.1, -0.05) is 42.5 Å². The molecule has 0 unspecified atom stereocenters. The van der Waals surface area contributed by atoms with E-state index in [0.717, 1.165) is 27.6 Å². The SMILES string of the molecule is O=C1Nc2ccccc2C1=Cc1cc(O)c2ccccc2c1. The first kappa shape index (κ1) is 12.7. The Hall–Kier alpha value is -3.07. The fraction of sp³-hybridized carbons (Fsp3) is 0. The number of hydrogen-bond acceptors (Lipinski definition) is 2. The molecule has 0 fully saturated rings. The minimum absolute atomic E-state index is 0.117. The highest BCUT2D eigenvalue weighted by atomic mass is 16.3. The fourth-order valence-electron chi connectivity index (χ4n) is 2.85. The molecule has 3 heteroatoms. The zero-order valence-electron chi connectivity index (χ0n) is 11.7. The van der Waals surface area contributed by atoms with Crippen LogP contribution in [0.15, 0.2) is 60.7 Å². The lowest BCUT2D eigenvalue weighted by molar-refractivity contribution is -0.110. The van der Waals surface area contributed by atoms with Crippen LogP contribution in [0.1, 0.15) is 11.1 Å². The summed E-state index contributed by atoms with van der Waals surface area (Å²) in [7, 11) is 0. The lowest BCUT2D eigenvalue weighted by Gasteiger charge is -2.04. The van der Waals surface area contributed by atoms with E-state index in [9.17, 15) is 9.90 Å². The van der Waals surface area contributed by atoms with E-state index >= 15 is 0 Å². The second-order valence-corrected chi connectivity index (χ2v) is 5.32. The number of hydrogen-bond donors (Lipinski definition) is 2. The number of carbonyl (C=O) groups excluding carboxylic acids is 1. The van der Waals surface area contributed by atoms with Gasteiger partial charge in [0.15, 0.2) is 0 Å². The topological polar surface area (TPSA) is 49.3 Å². The zero-order valence-corrected chi connectivity index (χ0v) is 11.7. The molecule has 2 N–H and O–H groups in total. The number of aromatic hydroxyl groups is 1. The molecule has 0 atom stereocenters. The number of fused-ring (bicyclic) bond motifs is 2. The summed E-state index contributed by atoms with van der Waals surface area (Å²) in [4.78, 5) is 12.1.